The number of hydrogen-bond donors (Lipinski definition) is 0. The van der Waals surface area contributed by atoms with Gasteiger partial charge >= 0.3 is 5.97 Å². The number of fused-ring (bicyclic) bond motifs is 3. The molecule has 162 valence electrons. The second kappa shape index (κ2) is 8.49. The van der Waals surface area contributed by atoms with E-state index in [2.05, 4.69) is 13.8 Å². The summed E-state index contributed by atoms with van der Waals surface area (Å²) < 4.78 is 20.9. The van der Waals surface area contributed by atoms with E-state index in [9.17, 15) is 14.0 Å². The highest BCUT2D eigenvalue weighted by Gasteiger charge is 2.47. The summed E-state index contributed by atoms with van der Waals surface area (Å²) in [4.78, 5) is 33.0. The number of anilines is 1. The fourth-order valence-electron chi connectivity index (χ4n) is 4.11. The predicted octanol–water partition coefficient (Wildman–Crippen LogP) is 4.34. The summed E-state index contributed by atoms with van der Waals surface area (Å²) >= 11 is 0. The SMILES string of the molecule is CCOC(=O)C1C(=O)N(CCC(C)C)c2nc3ccccc3n2C1c1ccc(F)cc1. The Kier molecular flexibility index (Phi) is 5.76. The van der Waals surface area contributed by atoms with Crippen LogP contribution in [0.4, 0.5) is 10.3 Å². The Labute approximate surface area is 180 Å². The molecule has 0 saturated carbocycles. The zero-order chi connectivity index (χ0) is 22.1. The van der Waals surface area contributed by atoms with Crippen molar-refractivity contribution in [3.8, 4) is 0 Å². The third-order valence-electron chi connectivity index (χ3n) is 5.63. The van der Waals surface area contributed by atoms with Crippen LogP contribution in [-0.2, 0) is 14.3 Å². The molecule has 0 radical (unpaired) electrons. The molecule has 6 nitrogen and oxygen atoms in total. The van der Waals surface area contributed by atoms with Crippen LogP contribution < -0.4 is 4.90 Å². The first-order chi connectivity index (χ1) is 14.9. The lowest BCUT2D eigenvalue weighted by atomic mass is 9.89. The molecule has 3 aromatic rings. The van der Waals surface area contributed by atoms with Crippen LogP contribution in [0.25, 0.3) is 11.0 Å². The third-order valence-corrected chi connectivity index (χ3v) is 5.63. The third kappa shape index (κ3) is 3.80. The van der Waals surface area contributed by atoms with Crippen LogP contribution in [0.15, 0.2) is 48.5 Å². The van der Waals surface area contributed by atoms with Crippen molar-refractivity contribution in [1.82, 2.24) is 9.55 Å². The lowest BCUT2D eigenvalue weighted by Gasteiger charge is -2.38. The molecule has 1 aromatic heterocycles. The van der Waals surface area contributed by atoms with Gasteiger partial charge in [0, 0.05) is 6.54 Å². The van der Waals surface area contributed by atoms with E-state index in [1.165, 1.54) is 12.1 Å². The summed E-state index contributed by atoms with van der Waals surface area (Å²) in [5, 5.41) is 0. The molecule has 0 N–H and O–H groups in total. The Morgan fingerprint density at radius 1 is 1.16 bits per heavy atom. The molecule has 4 rings (SSSR count). The number of carbonyl (C=O) groups excluding carboxylic acids is 2. The van der Waals surface area contributed by atoms with Gasteiger partial charge < -0.3 is 9.30 Å². The summed E-state index contributed by atoms with van der Waals surface area (Å²) in [5.74, 6) is -1.50. The van der Waals surface area contributed by atoms with Crippen LogP contribution in [0.2, 0.25) is 0 Å². The van der Waals surface area contributed by atoms with E-state index in [-0.39, 0.29) is 18.3 Å². The molecule has 1 amide bonds. The molecule has 0 bridgehead atoms. The minimum absolute atomic E-state index is 0.169. The van der Waals surface area contributed by atoms with Crippen molar-refractivity contribution in [3.63, 3.8) is 0 Å². The van der Waals surface area contributed by atoms with E-state index in [1.54, 1.807) is 24.0 Å². The maximum Gasteiger partial charge on any atom is 0.321 e. The van der Waals surface area contributed by atoms with Crippen LogP contribution >= 0.6 is 0 Å². The first-order valence-corrected chi connectivity index (χ1v) is 10.6. The van der Waals surface area contributed by atoms with Gasteiger partial charge in [0.1, 0.15) is 5.82 Å². The van der Waals surface area contributed by atoms with Gasteiger partial charge in [-0.05, 0) is 49.1 Å². The predicted molar refractivity (Wildman–Crippen MR) is 116 cm³/mol. The lowest BCUT2D eigenvalue weighted by Crippen LogP contribution is -2.50. The molecule has 0 aliphatic carbocycles. The topological polar surface area (TPSA) is 64.4 Å². The smallest absolute Gasteiger partial charge is 0.321 e. The fraction of sp³-hybridized carbons (Fsp3) is 0.375. The summed E-state index contributed by atoms with van der Waals surface area (Å²) in [6.07, 6.45) is 0.770. The summed E-state index contributed by atoms with van der Waals surface area (Å²) in [6.45, 7) is 6.50. The van der Waals surface area contributed by atoms with E-state index in [4.69, 9.17) is 9.72 Å². The van der Waals surface area contributed by atoms with Crippen molar-refractivity contribution in [3.05, 3.63) is 59.9 Å². The standard InChI is InChI=1S/C24H26FN3O3/c1-4-31-23(30)20-21(16-9-11-17(25)12-10-16)28-19-8-6-5-7-18(19)26-24(28)27(22(20)29)14-13-15(2)3/h5-12,15,20-21H,4,13-14H2,1-3H3. The van der Waals surface area contributed by atoms with Gasteiger partial charge in [0.25, 0.3) is 0 Å². The van der Waals surface area contributed by atoms with Gasteiger partial charge in [-0.2, -0.15) is 0 Å². The van der Waals surface area contributed by atoms with Gasteiger partial charge in [-0.3, -0.25) is 14.5 Å². The lowest BCUT2D eigenvalue weighted by molar-refractivity contribution is -0.153. The number of carbonyl (C=O) groups is 2. The molecular weight excluding hydrogens is 397 g/mol. The van der Waals surface area contributed by atoms with Crippen LogP contribution in [0, 0.1) is 17.7 Å². The number of hydrogen-bond acceptors (Lipinski definition) is 4. The quantitative estimate of drug-likeness (QED) is 0.437. The number of benzene rings is 2. The number of amides is 1. The minimum Gasteiger partial charge on any atom is -0.465 e. The van der Waals surface area contributed by atoms with Crippen molar-refractivity contribution in [2.75, 3.05) is 18.1 Å². The van der Waals surface area contributed by atoms with Crippen LogP contribution in [0.1, 0.15) is 38.8 Å². The maximum absolute atomic E-state index is 13.6. The zero-order valence-corrected chi connectivity index (χ0v) is 17.9. The number of esters is 1. The highest BCUT2D eigenvalue weighted by Crippen LogP contribution is 2.41. The molecule has 0 spiro atoms. The van der Waals surface area contributed by atoms with Crippen LogP contribution in [-0.4, -0.2) is 34.6 Å². The number of ether oxygens (including phenoxy) is 1. The average Bonchev–Trinajstić information content (AvgIpc) is 3.12. The molecule has 31 heavy (non-hydrogen) atoms. The second-order valence-electron chi connectivity index (χ2n) is 8.17. The Morgan fingerprint density at radius 2 is 1.87 bits per heavy atom. The van der Waals surface area contributed by atoms with Crippen LogP contribution in [0.5, 0.6) is 0 Å². The second-order valence-corrected chi connectivity index (χ2v) is 8.17. The van der Waals surface area contributed by atoms with Crippen molar-refractivity contribution >= 4 is 28.9 Å². The molecule has 1 aliphatic rings. The number of imidazole rings is 1. The molecule has 2 unspecified atom stereocenters. The van der Waals surface area contributed by atoms with Crippen molar-refractivity contribution in [2.45, 2.75) is 33.2 Å². The van der Waals surface area contributed by atoms with E-state index in [0.717, 1.165) is 17.5 Å². The van der Waals surface area contributed by atoms with Gasteiger partial charge in [-0.15, -0.1) is 0 Å². The van der Waals surface area contributed by atoms with E-state index in [0.29, 0.717) is 24.0 Å². The number of aromatic nitrogens is 2. The minimum atomic E-state index is -1.08. The molecule has 2 aromatic carbocycles. The Hall–Kier alpha value is -3.22. The van der Waals surface area contributed by atoms with Gasteiger partial charge in [0.2, 0.25) is 11.9 Å². The summed E-state index contributed by atoms with van der Waals surface area (Å²) in [5.41, 5.74) is 2.19. The first kappa shape index (κ1) is 21.0. The molecule has 1 aliphatic heterocycles. The number of nitrogens with zero attached hydrogens (tertiary/aromatic N) is 3. The average molecular weight is 423 g/mol. The molecule has 2 atom stereocenters. The van der Waals surface area contributed by atoms with Gasteiger partial charge in [0.05, 0.1) is 23.7 Å². The van der Waals surface area contributed by atoms with E-state index >= 15 is 0 Å². The first-order valence-electron chi connectivity index (χ1n) is 10.6. The van der Waals surface area contributed by atoms with E-state index in [1.807, 2.05) is 28.8 Å². The number of rotatable bonds is 6. The number of para-hydroxylation sites is 2. The van der Waals surface area contributed by atoms with E-state index < -0.39 is 17.9 Å². The largest absolute Gasteiger partial charge is 0.465 e. The van der Waals surface area contributed by atoms with Crippen molar-refractivity contribution < 1.29 is 18.7 Å². The normalized spacial score (nSPS) is 18.5. The summed E-state index contributed by atoms with van der Waals surface area (Å²) in [6, 6.07) is 12.8. The maximum atomic E-state index is 13.6. The van der Waals surface area contributed by atoms with Gasteiger partial charge in [-0.1, -0.05) is 38.1 Å². The Morgan fingerprint density at radius 3 is 2.55 bits per heavy atom. The van der Waals surface area contributed by atoms with Gasteiger partial charge in [0.15, 0.2) is 5.92 Å². The molecular formula is C24H26FN3O3. The zero-order valence-electron chi connectivity index (χ0n) is 17.9. The monoisotopic (exact) mass is 423 g/mol. The molecule has 2 heterocycles. The van der Waals surface area contributed by atoms with Gasteiger partial charge in [-0.25, -0.2) is 9.37 Å². The van der Waals surface area contributed by atoms with Crippen molar-refractivity contribution in [1.29, 1.82) is 0 Å². The summed E-state index contributed by atoms with van der Waals surface area (Å²) in [7, 11) is 0. The van der Waals surface area contributed by atoms with Crippen molar-refractivity contribution in [2.24, 2.45) is 11.8 Å². The highest BCUT2D eigenvalue weighted by molar-refractivity contribution is 6.08. The molecule has 0 fully saturated rings. The Balaban J connectivity index is 1.95. The molecule has 0 saturated heterocycles. The number of halogens is 1. The van der Waals surface area contributed by atoms with Crippen LogP contribution in [0.3, 0.4) is 0 Å². The Bertz CT molecular complexity index is 1110. The highest BCUT2D eigenvalue weighted by atomic mass is 19.1. The molecule has 7 heteroatoms. The fourth-order valence-corrected chi connectivity index (χ4v) is 4.11.